The number of hydrogen-bond acceptors (Lipinski definition) is 1. The number of nitrogens with zero attached hydrogens (tertiary/aromatic N) is 1. The normalized spacial score (nSPS) is 10.8. The summed E-state index contributed by atoms with van der Waals surface area (Å²) in [5.41, 5.74) is 2.88. The maximum atomic E-state index is 6.25. The van der Waals surface area contributed by atoms with E-state index in [-0.39, 0.29) is 17.0 Å². The molecule has 3 aromatic rings. The minimum Gasteiger partial charge on any atom is -1.00 e. The molecule has 3 heteroatoms. The zero-order valence-electron chi connectivity index (χ0n) is 20.0. The van der Waals surface area contributed by atoms with Gasteiger partial charge in [-0.3, -0.25) is 0 Å². The van der Waals surface area contributed by atoms with Crippen molar-refractivity contribution < 1.29 is 26.3 Å². The predicted octanol–water partition coefficient (Wildman–Crippen LogP) is 4.46. The molecule has 1 aromatic heterocycles. The summed E-state index contributed by atoms with van der Waals surface area (Å²) in [5, 5.41) is 2.60. The third-order valence-corrected chi connectivity index (χ3v) is 6.06. The fraction of sp³-hybridized carbons (Fsp3) is 0.483. The maximum absolute atomic E-state index is 6.25. The van der Waals surface area contributed by atoms with Crippen LogP contribution < -0.4 is 26.3 Å². The van der Waals surface area contributed by atoms with Crippen molar-refractivity contribution in [3.8, 4) is 5.75 Å². The van der Waals surface area contributed by atoms with Crippen LogP contribution in [-0.2, 0) is 19.4 Å². The number of unbranched alkanes of at least 4 members (excludes halogenated alkanes) is 5. The predicted molar refractivity (Wildman–Crippen MR) is 132 cm³/mol. The van der Waals surface area contributed by atoms with E-state index in [1.165, 1.54) is 66.8 Å². The first-order chi connectivity index (χ1) is 15.3. The Kier molecular flexibility index (Phi) is 12.4. The Hall–Kier alpha value is -1.87. The fourth-order valence-electron chi connectivity index (χ4n) is 4.16. The first-order valence-corrected chi connectivity index (χ1v) is 12.4. The summed E-state index contributed by atoms with van der Waals surface area (Å²) in [6.07, 6.45) is 16.7. The standard InChI is InChI=1S/C29H40NO.BrH/c1-3-5-7-13-25-17-18-29(27(23-25)15-8-6-4-2)31-22-12-11-20-30-21-19-26-14-9-10-16-28(26)24-30;/h9-10,14,16-19,21,23-24H,3-8,11-13,15,20,22H2,1-2H3;1H/q+1;/p-1. The van der Waals surface area contributed by atoms with Crippen LogP contribution in [0.25, 0.3) is 10.8 Å². The van der Waals surface area contributed by atoms with E-state index in [1.54, 1.807) is 0 Å². The topological polar surface area (TPSA) is 13.1 Å². The number of rotatable bonds is 14. The molecule has 0 amide bonds. The lowest BCUT2D eigenvalue weighted by Gasteiger charge is -2.13. The lowest BCUT2D eigenvalue weighted by Crippen LogP contribution is -3.00. The minimum absolute atomic E-state index is 0. The molecule has 0 fully saturated rings. The zero-order chi connectivity index (χ0) is 21.7. The largest absolute Gasteiger partial charge is 1.00 e. The molecule has 2 aromatic carbocycles. The van der Waals surface area contributed by atoms with E-state index in [9.17, 15) is 0 Å². The molecule has 0 bridgehead atoms. The molecule has 0 saturated carbocycles. The van der Waals surface area contributed by atoms with Gasteiger partial charge in [0.15, 0.2) is 12.4 Å². The van der Waals surface area contributed by atoms with E-state index in [4.69, 9.17) is 4.74 Å². The van der Waals surface area contributed by atoms with Gasteiger partial charge in [0.1, 0.15) is 12.3 Å². The van der Waals surface area contributed by atoms with Crippen LogP contribution in [-0.4, -0.2) is 6.61 Å². The fourth-order valence-corrected chi connectivity index (χ4v) is 4.16. The van der Waals surface area contributed by atoms with Crippen LogP contribution in [0.15, 0.2) is 60.9 Å². The van der Waals surface area contributed by atoms with Gasteiger partial charge in [-0.05, 0) is 60.7 Å². The van der Waals surface area contributed by atoms with Gasteiger partial charge in [-0.1, -0.05) is 69.9 Å². The van der Waals surface area contributed by atoms with Crippen LogP contribution >= 0.6 is 0 Å². The molecular weight excluding hydrogens is 458 g/mol. The third-order valence-electron chi connectivity index (χ3n) is 6.06. The second-order valence-corrected chi connectivity index (χ2v) is 8.72. The molecule has 0 atom stereocenters. The summed E-state index contributed by atoms with van der Waals surface area (Å²) < 4.78 is 8.54. The number of halogens is 1. The lowest BCUT2D eigenvalue weighted by molar-refractivity contribution is -0.696. The highest BCUT2D eigenvalue weighted by Crippen LogP contribution is 2.24. The highest BCUT2D eigenvalue weighted by molar-refractivity contribution is 5.80. The van der Waals surface area contributed by atoms with Crippen molar-refractivity contribution in [2.24, 2.45) is 0 Å². The average molecular weight is 499 g/mol. The average Bonchev–Trinajstić information content (AvgIpc) is 2.80. The van der Waals surface area contributed by atoms with Crippen LogP contribution in [0, 0.1) is 0 Å². The first kappa shape index (κ1) is 26.4. The Bertz CT molecular complexity index is 924. The first-order valence-electron chi connectivity index (χ1n) is 12.4. The van der Waals surface area contributed by atoms with Gasteiger partial charge in [-0.15, -0.1) is 0 Å². The molecule has 0 saturated heterocycles. The van der Waals surface area contributed by atoms with E-state index in [0.29, 0.717) is 0 Å². The Morgan fingerprint density at radius 3 is 2.28 bits per heavy atom. The van der Waals surface area contributed by atoms with Crippen molar-refractivity contribution in [1.82, 2.24) is 0 Å². The molecule has 2 nitrogen and oxygen atoms in total. The smallest absolute Gasteiger partial charge is 0.176 e. The second kappa shape index (κ2) is 15.1. The molecule has 0 aliphatic heterocycles. The number of hydrogen-bond donors (Lipinski definition) is 0. The van der Waals surface area contributed by atoms with Crippen molar-refractivity contribution in [1.29, 1.82) is 0 Å². The summed E-state index contributed by atoms with van der Waals surface area (Å²) >= 11 is 0. The highest BCUT2D eigenvalue weighted by atomic mass is 79.9. The van der Waals surface area contributed by atoms with Gasteiger partial charge >= 0.3 is 0 Å². The quantitative estimate of drug-likeness (QED) is 0.236. The van der Waals surface area contributed by atoms with Gasteiger partial charge in [-0.25, -0.2) is 4.57 Å². The molecule has 32 heavy (non-hydrogen) atoms. The Morgan fingerprint density at radius 2 is 1.50 bits per heavy atom. The van der Waals surface area contributed by atoms with E-state index < -0.39 is 0 Å². The summed E-state index contributed by atoms with van der Waals surface area (Å²) in [4.78, 5) is 0. The monoisotopic (exact) mass is 497 g/mol. The van der Waals surface area contributed by atoms with Crippen molar-refractivity contribution in [2.75, 3.05) is 6.61 Å². The molecule has 0 radical (unpaired) electrons. The molecule has 0 N–H and O–H groups in total. The Balaban J connectivity index is 0.00000363. The number of pyridine rings is 1. The van der Waals surface area contributed by atoms with Crippen LogP contribution in [0.4, 0.5) is 0 Å². The molecule has 3 rings (SSSR count). The van der Waals surface area contributed by atoms with Gasteiger partial charge in [0.05, 0.1) is 6.61 Å². The van der Waals surface area contributed by atoms with E-state index >= 15 is 0 Å². The summed E-state index contributed by atoms with van der Waals surface area (Å²) in [6, 6.07) is 17.7. The third kappa shape index (κ3) is 8.58. The van der Waals surface area contributed by atoms with Gasteiger partial charge < -0.3 is 21.7 Å². The lowest BCUT2D eigenvalue weighted by atomic mass is 10.00. The summed E-state index contributed by atoms with van der Waals surface area (Å²) in [6.45, 7) is 6.37. The minimum atomic E-state index is 0. The van der Waals surface area contributed by atoms with Gasteiger partial charge in [0.2, 0.25) is 0 Å². The zero-order valence-corrected chi connectivity index (χ0v) is 21.6. The number of aryl methyl sites for hydroxylation is 3. The van der Waals surface area contributed by atoms with E-state index in [1.807, 2.05) is 0 Å². The van der Waals surface area contributed by atoms with Crippen LogP contribution in [0.1, 0.15) is 76.3 Å². The number of fused-ring (bicyclic) bond motifs is 1. The van der Waals surface area contributed by atoms with E-state index in [0.717, 1.165) is 38.2 Å². The molecule has 0 spiro atoms. The van der Waals surface area contributed by atoms with Crippen LogP contribution in [0.3, 0.4) is 0 Å². The molecule has 0 unspecified atom stereocenters. The second-order valence-electron chi connectivity index (χ2n) is 8.72. The van der Waals surface area contributed by atoms with E-state index in [2.05, 4.69) is 79.3 Å². The van der Waals surface area contributed by atoms with Crippen molar-refractivity contribution >= 4 is 10.8 Å². The van der Waals surface area contributed by atoms with Gasteiger partial charge in [0.25, 0.3) is 0 Å². The molecule has 174 valence electrons. The van der Waals surface area contributed by atoms with Gasteiger partial charge in [-0.2, -0.15) is 0 Å². The summed E-state index contributed by atoms with van der Waals surface area (Å²) in [7, 11) is 0. The highest BCUT2D eigenvalue weighted by Gasteiger charge is 2.07. The maximum Gasteiger partial charge on any atom is 0.176 e. The number of ether oxygens (including phenoxy) is 1. The van der Waals surface area contributed by atoms with Crippen molar-refractivity contribution in [3.63, 3.8) is 0 Å². The Morgan fingerprint density at radius 1 is 0.750 bits per heavy atom. The molecular formula is C29H40BrNO. The number of aromatic nitrogens is 1. The molecule has 1 heterocycles. The Labute approximate surface area is 205 Å². The molecule has 0 aliphatic rings. The SMILES string of the molecule is CCCCCc1ccc(OCCCC[n+]2ccc3ccccc3c2)c(CCCCC)c1.[Br-]. The van der Waals surface area contributed by atoms with Crippen LogP contribution in [0.2, 0.25) is 0 Å². The van der Waals surface area contributed by atoms with Crippen molar-refractivity contribution in [2.45, 2.75) is 84.6 Å². The van der Waals surface area contributed by atoms with Gasteiger partial charge in [0, 0.05) is 17.9 Å². The summed E-state index contributed by atoms with van der Waals surface area (Å²) in [5.74, 6) is 1.11. The molecule has 0 aliphatic carbocycles. The van der Waals surface area contributed by atoms with Crippen molar-refractivity contribution in [3.05, 3.63) is 72.1 Å². The number of benzene rings is 2. The van der Waals surface area contributed by atoms with Crippen LogP contribution in [0.5, 0.6) is 5.75 Å².